The Morgan fingerprint density at radius 3 is 1.67 bits per heavy atom. The normalized spacial score (nSPS) is 17.7. The van der Waals surface area contributed by atoms with Crippen molar-refractivity contribution >= 4 is 0 Å². The molecule has 1 aromatic carbocycles. The summed E-state index contributed by atoms with van der Waals surface area (Å²) in [5.41, 5.74) is 1.26. The van der Waals surface area contributed by atoms with Crippen LogP contribution in [0, 0.1) is 35.0 Å². The van der Waals surface area contributed by atoms with Gasteiger partial charge in [-0.2, -0.15) is 0 Å². The zero-order valence-corrected chi connectivity index (χ0v) is 9.24. The Bertz CT molecular complexity index is 444. The Hall–Kier alpha value is -1.21. The van der Waals surface area contributed by atoms with E-state index in [-0.39, 0.29) is 5.92 Å². The van der Waals surface area contributed by atoms with Gasteiger partial charge < -0.3 is 0 Å². The van der Waals surface area contributed by atoms with Crippen LogP contribution in [0.25, 0.3) is 0 Å². The maximum absolute atomic E-state index is 13.5. The summed E-state index contributed by atoms with van der Waals surface area (Å²) in [7, 11) is 0. The zero-order valence-electron chi connectivity index (χ0n) is 9.24. The van der Waals surface area contributed by atoms with Gasteiger partial charge in [-0.25, -0.2) is 22.0 Å². The van der Waals surface area contributed by atoms with Crippen molar-refractivity contribution in [2.24, 2.45) is 11.8 Å². The summed E-state index contributed by atoms with van der Waals surface area (Å²) in [4.78, 5) is 0. The van der Waals surface area contributed by atoms with E-state index < -0.39 is 40.7 Å². The quantitative estimate of drug-likeness (QED) is 0.290. The Morgan fingerprint density at radius 2 is 1.33 bits per heavy atom. The number of hydrogen-bond acceptors (Lipinski definition) is 2. The second-order valence-corrected chi connectivity index (χ2v) is 4.32. The standard InChI is InChI=1S/C11H11F5N2/c12-6-5(11(18-17)4-2-1-3-4)7(13)9(15)10(16)8(6)14/h4,11,18H,1-3,17H2. The average molecular weight is 266 g/mol. The largest absolute Gasteiger partial charge is 0.271 e. The van der Waals surface area contributed by atoms with E-state index in [9.17, 15) is 22.0 Å². The second-order valence-electron chi connectivity index (χ2n) is 4.32. The van der Waals surface area contributed by atoms with Crippen molar-refractivity contribution in [3.63, 3.8) is 0 Å². The van der Waals surface area contributed by atoms with Crippen molar-refractivity contribution in [3.05, 3.63) is 34.6 Å². The molecule has 0 aromatic heterocycles. The molecule has 1 aliphatic carbocycles. The maximum atomic E-state index is 13.5. The smallest absolute Gasteiger partial charge is 0.200 e. The Kier molecular flexibility index (Phi) is 3.54. The van der Waals surface area contributed by atoms with Gasteiger partial charge >= 0.3 is 0 Å². The highest BCUT2D eigenvalue weighted by Gasteiger charge is 2.36. The van der Waals surface area contributed by atoms with Gasteiger partial charge in [0.15, 0.2) is 23.3 Å². The third-order valence-corrected chi connectivity index (χ3v) is 3.36. The molecule has 2 rings (SSSR count). The molecule has 0 radical (unpaired) electrons. The molecule has 18 heavy (non-hydrogen) atoms. The van der Waals surface area contributed by atoms with Crippen molar-refractivity contribution < 1.29 is 22.0 Å². The number of hydrazine groups is 1. The SMILES string of the molecule is NNC(c1c(F)c(F)c(F)c(F)c1F)C1CCC1. The molecule has 1 fully saturated rings. The van der Waals surface area contributed by atoms with E-state index in [0.717, 1.165) is 6.42 Å². The first-order valence-electron chi connectivity index (χ1n) is 5.46. The van der Waals surface area contributed by atoms with Crippen LogP contribution < -0.4 is 11.3 Å². The maximum Gasteiger partial charge on any atom is 0.200 e. The summed E-state index contributed by atoms with van der Waals surface area (Å²) in [6.07, 6.45) is 2.11. The first kappa shape index (κ1) is 13.2. The van der Waals surface area contributed by atoms with Crippen LogP contribution in [0.1, 0.15) is 30.9 Å². The topological polar surface area (TPSA) is 38.0 Å². The molecule has 0 bridgehead atoms. The fourth-order valence-corrected chi connectivity index (χ4v) is 2.12. The monoisotopic (exact) mass is 266 g/mol. The summed E-state index contributed by atoms with van der Waals surface area (Å²) in [5.74, 6) is -4.72. The molecule has 0 amide bonds. The Labute approximate surface area is 99.9 Å². The third kappa shape index (κ3) is 1.87. The molecule has 100 valence electrons. The number of nitrogens with one attached hydrogen (secondary N) is 1. The lowest BCUT2D eigenvalue weighted by atomic mass is 9.77. The summed E-state index contributed by atoms with van der Waals surface area (Å²) in [6, 6.07) is -1.07. The van der Waals surface area contributed by atoms with Gasteiger partial charge in [0.05, 0.1) is 6.04 Å². The molecule has 1 aromatic rings. The second kappa shape index (κ2) is 4.81. The average Bonchev–Trinajstić information content (AvgIpc) is 2.30. The van der Waals surface area contributed by atoms with Crippen LogP contribution in [0.4, 0.5) is 22.0 Å². The van der Waals surface area contributed by atoms with Gasteiger partial charge in [-0.3, -0.25) is 11.3 Å². The number of rotatable bonds is 3. The van der Waals surface area contributed by atoms with Crippen LogP contribution in [-0.4, -0.2) is 0 Å². The molecular weight excluding hydrogens is 255 g/mol. The van der Waals surface area contributed by atoms with E-state index >= 15 is 0 Å². The molecule has 1 atom stereocenters. The molecule has 2 nitrogen and oxygen atoms in total. The molecule has 0 heterocycles. The van der Waals surface area contributed by atoms with E-state index in [0.29, 0.717) is 12.8 Å². The fraction of sp³-hybridized carbons (Fsp3) is 0.455. The van der Waals surface area contributed by atoms with Gasteiger partial charge in [-0.15, -0.1) is 0 Å². The highest BCUT2D eigenvalue weighted by molar-refractivity contribution is 5.28. The minimum Gasteiger partial charge on any atom is -0.271 e. The number of nitrogens with two attached hydrogens (primary N) is 1. The summed E-state index contributed by atoms with van der Waals surface area (Å²) in [6.45, 7) is 0. The van der Waals surface area contributed by atoms with Gasteiger partial charge in [-0.1, -0.05) is 6.42 Å². The van der Waals surface area contributed by atoms with Gasteiger partial charge in [-0.05, 0) is 18.8 Å². The highest BCUT2D eigenvalue weighted by Crippen LogP contribution is 2.40. The van der Waals surface area contributed by atoms with Crippen LogP contribution in [0.2, 0.25) is 0 Å². The minimum absolute atomic E-state index is 0.219. The van der Waals surface area contributed by atoms with Gasteiger partial charge in [0.2, 0.25) is 5.82 Å². The zero-order chi connectivity index (χ0) is 13.4. The minimum atomic E-state index is -2.15. The molecule has 7 heteroatoms. The molecule has 0 spiro atoms. The van der Waals surface area contributed by atoms with Crippen LogP contribution in [0.3, 0.4) is 0 Å². The van der Waals surface area contributed by atoms with Crippen molar-refractivity contribution in [2.75, 3.05) is 0 Å². The van der Waals surface area contributed by atoms with Crippen LogP contribution in [0.5, 0.6) is 0 Å². The lowest BCUT2D eigenvalue weighted by molar-refractivity contribution is 0.218. The molecule has 0 aliphatic heterocycles. The predicted octanol–water partition coefficient (Wildman–Crippen LogP) is 2.69. The lowest BCUT2D eigenvalue weighted by Gasteiger charge is -2.33. The van der Waals surface area contributed by atoms with Gasteiger partial charge in [0, 0.05) is 5.56 Å². The van der Waals surface area contributed by atoms with Crippen LogP contribution >= 0.6 is 0 Å². The molecule has 1 saturated carbocycles. The fourth-order valence-electron chi connectivity index (χ4n) is 2.12. The summed E-state index contributed by atoms with van der Waals surface area (Å²) < 4.78 is 66.1. The number of halogens is 5. The van der Waals surface area contributed by atoms with Gasteiger partial charge in [0.1, 0.15) is 0 Å². The summed E-state index contributed by atoms with van der Waals surface area (Å²) >= 11 is 0. The molecule has 1 unspecified atom stereocenters. The summed E-state index contributed by atoms with van der Waals surface area (Å²) in [5, 5.41) is 0. The molecule has 1 aliphatic rings. The number of hydrogen-bond donors (Lipinski definition) is 2. The van der Waals surface area contributed by atoms with E-state index in [4.69, 9.17) is 5.84 Å². The number of benzene rings is 1. The first-order chi connectivity index (χ1) is 8.49. The highest BCUT2D eigenvalue weighted by atomic mass is 19.2. The lowest BCUT2D eigenvalue weighted by Crippen LogP contribution is -2.38. The Balaban J connectivity index is 2.55. The van der Waals surface area contributed by atoms with E-state index in [1.165, 1.54) is 0 Å². The van der Waals surface area contributed by atoms with E-state index in [2.05, 4.69) is 5.43 Å². The Morgan fingerprint density at radius 1 is 0.889 bits per heavy atom. The van der Waals surface area contributed by atoms with Crippen molar-refractivity contribution in [3.8, 4) is 0 Å². The van der Waals surface area contributed by atoms with E-state index in [1.54, 1.807) is 0 Å². The molecule has 3 N–H and O–H groups in total. The van der Waals surface area contributed by atoms with Crippen LogP contribution in [0.15, 0.2) is 0 Å². The molecular formula is C11H11F5N2. The van der Waals surface area contributed by atoms with E-state index in [1.807, 2.05) is 0 Å². The van der Waals surface area contributed by atoms with Crippen molar-refractivity contribution in [1.82, 2.24) is 5.43 Å². The first-order valence-corrected chi connectivity index (χ1v) is 5.46. The third-order valence-electron chi connectivity index (χ3n) is 3.36. The predicted molar refractivity (Wildman–Crippen MR) is 53.6 cm³/mol. The van der Waals surface area contributed by atoms with Crippen molar-refractivity contribution in [1.29, 1.82) is 0 Å². The van der Waals surface area contributed by atoms with Crippen molar-refractivity contribution in [2.45, 2.75) is 25.3 Å². The van der Waals surface area contributed by atoms with Crippen LogP contribution in [-0.2, 0) is 0 Å². The molecule has 0 saturated heterocycles. The van der Waals surface area contributed by atoms with Gasteiger partial charge in [0.25, 0.3) is 0 Å².